The summed E-state index contributed by atoms with van der Waals surface area (Å²) in [4.78, 5) is 11.6. The van der Waals surface area contributed by atoms with Crippen LogP contribution in [0.25, 0.3) is 0 Å². The van der Waals surface area contributed by atoms with Crippen LogP contribution in [0.5, 0.6) is 0 Å². The molecule has 0 radical (unpaired) electrons. The van der Waals surface area contributed by atoms with Gasteiger partial charge in [0.25, 0.3) is 0 Å². The molecule has 1 aliphatic rings. The Balaban J connectivity index is 2.03. The van der Waals surface area contributed by atoms with Crippen molar-refractivity contribution in [2.24, 2.45) is 5.73 Å². The van der Waals surface area contributed by atoms with Crippen molar-refractivity contribution in [1.82, 2.24) is 0 Å². The van der Waals surface area contributed by atoms with E-state index in [4.69, 9.17) is 22.1 Å². The second-order valence-corrected chi connectivity index (χ2v) is 4.91. The Morgan fingerprint density at radius 2 is 2.18 bits per heavy atom. The Hall–Kier alpha value is -1.06. The number of ether oxygens (including phenoxy) is 1. The lowest BCUT2D eigenvalue weighted by Crippen LogP contribution is -2.57. The van der Waals surface area contributed by atoms with Gasteiger partial charge in [0.05, 0.1) is 6.61 Å². The van der Waals surface area contributed by atoms with Crippen molar-refractivity contribution in [3.8, 4) is 0 Å². The maximum atomic E-state index is 11.6. The standard InChI is InChI=1S/C13H16ClNO2/c1-2-17-12(16)13(15)7-9(8-13)10-5-3-4-6-11(10)14/h3-6,9H,2,7-8,15H2,1H3. The molecule has 1 aliphatic carbocycles. The molecule has 0 aromatic heterocycles. The molecule has 92 valence electrons. The molecule has 0 aliphatic heterocycles. The van der Waals surface area contributed by atoms with E-state index in [1.165, 1.54) is 0 Å². The monoisotopic (exact) mass is 253 g/mol. The number of esters is 1. The van der Waals surface area contributed by atoms with Crippen molar-refractivity contribution in [3.63, 3.8) is 0 Å². The predicted octanol–water partition coefficient (Wildman–Crippen LogP) is 2.48. The summed E-state index contributed by atoms with van der Waals surface area (Å²) in [5, 5.41) is 0.739. The van der Waals surface area contributed by atoms with Crippen LogP contribution in [0, 0.1) is 0 Å². The molecule has 1 aromatic carbocycles. The van der Waals surface area contributed by atoms with Gasteiger partial charge in [0.2, 0.25) is 0 Å². The van der Waals surface area contributed by atoms with Crippen LogP contribution in [0.2, 0.25) is 5.02 Å². The van der Waals surface area contributed by atoms with Gasteiger partial charge in [0.15, 0.2) is 0 Å². The SMILES string of the molecule is CCOC(=O)C1(N)CC(c2ccccc2Cl)C1. The molecule has 0 spiro atoms. The highest BCUT2D eigenvalue weighted by molar-refractivity contribution is 6.31. The molecule has 0 amide bonds. The smallest absolute Gasteiger partial charge is 0.326 e. The molecule has 0 bridgehead atoms. The van der Waals surface area contributed by atoms with E-state index in [2.05, 4.69) is 0 Å². The summed E-state index contributed by atoms with van der Waals surface area (Å²) in [6.45, 7) is 2.15. The van der Waals surface area contributed by atoms with Crippen LogP contribution in [0.4, 0.5) is 0 Å². The second kappa shape index (κ2) is 4.67. The Morgan fingerprint density at radius 1 is 1.53 bits per heavy atom. The van der Waals surface area contributed by atoms with E-state index in [0.29, 0.717) is 19.4 Å². The van der Waals surface area contributed by atoms with Crippen molar-refractivity contribution in [1.29, 1.82) is 0 Å². The van der Waals surface area contributed by atoms with Gasteiger partial charge >= 0.3 is 5.97 Å². The van der Waals surface area contributed by atoms with E-state index in [1.807, 2.05) is 24.3 Å². The molecule has 2 N–H and O–H groups in total. The molecule has 17 heavy (non-hydrogen) atoms. The lowest BCUT2D eigenvalue weighted by molar-refractivity contribution is -0.153. The number of halogens is 1. The second-order valence-electron chi connectivity index (χ2n) is 4.50. The van der Waals surface area contributed by atoms with Gasteiger partial charge in [0, 0.05) is 5.02 Å². The zero-order valence-electron chi connectivity index (χ0n) is 9.78. The van der Waals surface area contributed by atoms with Gasteiger partial charge in [-0.2, -0.15) is 0 Å². The van der Waals surface area contributed by atoms with Gasteiger partial charge < -0.3 is 10.5 Å². The van der Waals surface area contributed by atoms with Gasteiger partial charge in [-0.05, 0) is 37.3 Å². The van der Waals surface area contributed by atoms with Gasteiger partial charge in [0.1, 0.15) is 5.54 Å². The Bertz CT molecular complexity index is 427. The number of rotatable bonds is 3. The number of hydrogen-bond acceptors (Lipinski definition) is 3. The summed E-state index contributed by atoms with van der Waals surface area (Å²) < 4.78 is 4.97. The summed E-state index contributed by atoms with van der Waals surface area (Å²) in [7, 11) is 0. The van der Waals surface area contributed by atoms with E-state index >= 15 is 0 Å². The first-order valence-corrected chi connectivity index (χ1v) is 6.15. The van der Waals surface area contributed by atoms with Gasteiger partial charge in [-0.3, -0.25) is 4.79 Å². The van der Waals surface area contributed by atoms with Gasteiger partial charge in [-0.25, -0.2) is 0 Å². The third-order valence-electron chi connectivity index (χ3n) is 3.25. The first kappa shape index (κ1) is 12.4. The molecular weight excluding hydrogens is 238 g/mol. The number of nitrogens with two attached hydrogens (primary N) is 1. The van der Waals surface area contributed by atoms with Crippen LogP contribution >= 0.6 is 11.6 Å². The fourth-order valence-corrected chi connectivity index (χ4v) is 2.58. The molecule has 0 atom stereocenters. The molecule has 3 nitrogen and oxygen atoms in total. The third kappa shape index (κ3) is 2.31. The summed E-state index contributed by atoms with van der Waals surface area (Å²) in [6, 6.07) is 7.68. The molecule has 1 fully saturated rings. The molecule has 2 rings (SSSR count). The molecule has 4 heteroatoms. The highest BCUT2D eigenvalue weighted by Gasteiger charge is 2.49. The summed E-state index contributed by atoms with van der Waals surface area (Å²) in [5.74, 6) is -0.0404. The Morgan fingerprint density at radius 3 is 2.76 bits per heavy atom. The highest BCUT2D eigenvalue weighted by atomic mass is 35.5. The summed E-state index contributed by atoms with van der Waals surface area (Å²) in [5.41, 5.74) is 6.24. The predicted molar refractivity (Wildman–Crippen MR) is 67.0 cm³/mol. The quantitative estimate of drug-likeness (QED) is 0.842. The maximum absolute atomic E-state index is 11.6. The number of carbonyl (C=O) groups is 1. The fraction of sp³-hybridized carbons (Fsp3) is 0.462. The normalized spacial score (nSPS) is 27.4. The van der Waals surface area contributed by atoms with Crippen LogP contribution in [-0.2, 0) is 9.53 Å². The van der Waals surface area contributed by atoms with Gasteiger partial charge in [-0.1, -0.05) is 29.8 Å². The number of carbonyl (C=O) groups excluding carboxylic acids is 1. The maximum Gasteiger partial charge on any atom is 0.326 e. The van der Waals surface area contributed by atoms with E-state index in [-0.39, 0.29) is 11.9 Å². The Kier molecular flexibility index (Phi) is 3.40. The third-order valence-corrected chi connectivity index (χ3v) is 3.59. The van der Waals surface area contributed by atoms with Crippen molar-refractivity contribution >= 4 is 17.6 Å². The molecule has 0 heterocycles. The van der Waals surface area contributed by atoms with Crippen molar-refractivity contribution in [2.45, 2.75) is 31.2 Å². The van der Waals surface area contributed by atoms with Crippen molar-refractivity contribution in [3.05, 3.63) is 34.9 Å². The molecular formula is C13H16ClNO2. The minimum Gasteiger partial charge on any atom is -0.465 e. The zero-order valence-corrected chi connectivity index (χ0v) is 10.5. The van der Waals surface area contributed by atoms with Crippen LogP contribution in [-0.4, -0.2) is 18.1 Å². The molecule has 1 aromatic rings. The number of hydrogen-bond donors (Lipinski definition) is 1. The van der Waals surface area contributed by atoms with Crippen molar-refractivity contribution in [2.75, 3.05) is 6.61 Å². The lowest BCUT2D eigenvalue weighted by atomic mass is 9.66. The number of benzene rings is 1. The van der Waals surface area contributed by atoms with Crippen LogP contribution in [0.15, 0.2) is 24.3 Å². The minimum atomic E-state index is -0.820. The van der Waals surface area contributed by atoms with E-state index in [9.17, 15) is 4.79 Å². The van der Waals surface area contributed by atoms with Crippen LogP contribution in [0.3, 0.4) is 0 Å². The topological polar surface area (TPSA) is 52.3 Å². The summed E-state index contributed by atoms with van der Waals surface area (Å²) >= 11 is 6.11. The minimum absolute atomic E-state index is 0.262. The van der Waals surface area contributed by atoms with E-state index < -0.39 is 5.54 Å². The van der Waals surface area contributed by atoms with Crippen molar-refractivity contribution < 1.29 is 9.53 Å². The van der Waals surface area contributed by atoms with Crippen LogP contribution in [0.1, 0.15) is 31.2 Å². The van der Waals surface area contributed by atoms with E-state index in [1.54, 1.807) is 6.92 Å². The summed E-state index contributed by atoms with van der Waals surface area (Å²) in [6.07, 6.45) is 1.21. The largest absolute Gasteiger partial charge is 0.465 e. The molecule has 1 saturated carbocycles. The fourth-order valence-electron chi connectivity index (χ4n) is 2.29. The van der Waals surface area contributed by atoms with Gasteiger partial charge in [-0.15, -0.1) is 0 Å². The van der Waals surface area contributed by atoms with E-state index in [0.717, 1.165) is 10.6 Å². The average Bonchev–Trinajstić information content (AvgIpc) is 2.26. The average molecular weight is 254 g/mol. The van der Waals surface area contributed by atoms with Crippen LogP contribution < -0.4 is 5.73 Å². The zero-order chi connectivity index (χ0) is 12.5. The first-order valence-electron chi connectivity index (χ1n) is 5.77. The molecule has 0 saturated heterocycles. The lowest BCUT2D eigenvalue weighted by Gasteiger charge is -2.43. The first-order chi connectivity index (χ1) is 8.07. The molecule has 0 unspecified atom stereocenters. The Labute approximate surface area is 106 Å². The highest BCUT2D eigenvalue weighted by Crippen LogP contribution is 2.45.